The fourth-order valence-electron chi connectivity index (χ4n) is 5.92. The molecule has 2 bridgehead atoms. The molecule has 2 amide bonds. The highest BCUT2D eigenvalue weighted by molar-refractivity contribution is 6.08. The molecule has 2 aromatic carbocycles. The minimum atomic E-state index is -0.503. The molecule has 28 heavy (non-hydrogen) atoms. The van der Waals surface area contributed by atoms with Crippen LogP contribution in [0.1, 0.15) is 40.9 Å². The molecule has 2 atom stereocenters. The monoisotopic (exact) mass is 369 g/mol. The molecule has 1 aromatic heterocycles. The first-order chi connectivity index (χ1) is 13.6. The highest BCUT2D eigenvalue weighted by atomic mass is 16.3. The smallest absolute Gasteiger partial charge is 0.234 e. The Morgan fingerprint density at radius 3 is 2.14 bits per heavy atom. The number of nitrogens with zero attached hydrogens (tertiary/aromatic N) is 1. The quantitative estimate of drug-likeness (QED) is 0.645. The zero-order chi connectivity index (χ0) is 19.0. The second kappa shape index (κ2) is 5.22. The Labute approximate surface area is 162 Å². The van der Waals surface area contributed by atoms with E-state index in [1.165, 1.54) is 27.2 Å². The normalized spacial score (nSPS) is 29.6. The Morgan fingerprint density at radius 1 is 0.893 bits per heavy atom. The predicted octanol–water partition coefficient (Wildman–Crippen LogP) is 3.85. The summed E-state index contributed by atoms with van der Waals surface area (Å²) in [6, 6.07) is 20.2. The number of amides is 2. The Balaban J connectivity index is 1.58. The van der Waals surface area contributed by atoms with Crippen LogP contribution in [0.5, 0.6) is 0 Å². The van der Waals surface area contributed by atoms with Crippen molar-refractivity contribution in [2.75, 3.05) is 0 Å². The fraction of sp³-hybridized carbons (Fsp3) is 0.250. The van der Waals surface area contributed by atoms with Crippen LogP contribution in [-0.4, -0.2) is 16.7 Å². The SMILES string of the molecule is CC12c3ccccc3C(c3ccccc31)[C@H]1C(=O)N(Cc3ccco3)C(=O)[C@H]12. The molecule has 1 aliphatic heterocycles. The number of hydrogen-bond donors (Lipinski definition) is 0. The van der Waals surface area contributed by atoms with Crippen molar-refractivity contribution in [2.24, 2.45) is 11.8 Å². The van der Waals surface area contributed by atoms with Crippen molar-refractivity contribution in [3.8, 4) is 0 Å². The van der Waals surface area contributed by atoms with Crippen LogP contribution in [0.25, 0.3) is 0 Å². The number of rotatable bonds is 2. The lowest BCUT2D eigenvalue weighted by molar-refractivity contribution is -0.141. The van der Waals surface area contributed by atoms with Crippen LogP contribution in [0.3, 0.4) is 0 Å². The van der Waals surface area contributed by atoms with Crippen LogP contribution in [0.4, 0.5) is 0 Å². The van der Waals surface area contributed by atoms with Crippen LogP contribution in [0, 0.1) is 11.8 Å². The average molecular weight is 369 g/mol. The molecule has 0 saturated carbocycles. The molecule has 1 saturated heterocycles. The van der Waals surface area contributed by atoms with Crippen LogP contribution in [-0.2, 0) is 21.5 Å². The third-order valence-electron chi connectivity index (χ3n) is 7.03. The molecule has 3 aliphatic carbocycles. The molecule has 4 heteroatoms. The summed E-state index contributed by atoms with van der Waals surface area (Å²) in [6.07, 6.45) is 1.57. The zero-order valence-electron chi connectivity index (χ0n) is 15.5. The van der Waals surface area contributed by atoms with E-state index in [-0.39, 0.29) is 36.1 Å². The molecule has 0 radical (unpaired) electrons. The number of carbonyl (C=O) groups is 2. The highest BCUT2D eigenvalue weighted by Crippen LogP contribution is 2.63. The van der Waals surface area contributed by atoms with Gasteiger partial charge in [0.25, 0.3) is 0 Å². The third-order valence-corrected chi connectivity index (χ3v) is 7.03. The number of furan rings is 1. The summed E-state index contributed by atoms with van der Waals surface area (Å²) in [7, 11) is 0. The maximum atomic E-state index is 13.6. The first-order valence-corrected chi connectivity index (χ1v) is 9.69. The van der Waals surface area contributed by atoms with E-state index < -0.39 is 5.41 Å². The van der Waals surface area contributed by atoms with Gasteiger partial charge in [-0.15, -0.1) is 0 Å². The first-order valence-electron chi connectivity index (χ1n) is 9.69. The van der Waals surface area contributed by atoms with E-state index in [1.807, 2.05) is 30.3 Å². The lowest BCUT2D eigenvalue weighted by Gasteiger charge is -2.52. The van der Waals surface area contributed by atoms with Crippen molar-refractivity contribution in [3.63, 3.8) is 0 Å². The summed E-state index contributed by atoms with van der Waals surface area (Å²) in [5, 5.41) is 0. The number of carbonyl (C=O) groups excluding carboxylic acids is 2. The molecular formula is C24H19NO3. The lowest BCUT2D eigenvalue weighted by Crippen LogP contribution is -2.51. The van der Waals surface area contributed by atoms with Crippen LogP contribution in [0.2, 0.25) is 0 Å². The molecule has 4 aliphatic rings. The summed E-state index contributed by atoms with van der Waals surface area (Å²) in [4.78, 5) is 28.5. The van der Waals surface area contributed by atoms with Gasteiger partial charge in [-0.2, -0.15) is 0 Å². The molecular weight excluding hydrogens is 350 g/mol. The molecule has 0 unspecified atom stereocenters. The van der Waals surface area contributed by atoms with Gasteiger partial charge in [-0.1, -0.05) is 55.5 Å². The molecule has 0 spiro atoms. The molecule has 7 rings (SSSR count). The second-order valence-corrected chi connectivity index (χ2v) is 8.20. The molecule has 0 N–H and O–H groups in total. The van der Waals surface area contributed by atoms with Gasteiger partial charge in [-0.05, 0) is 34.4 Å². The lowest BCUT2D eigenvalue weighted by atomic mass is 9.48. The van der Waals surface area contributed by atoms with Gasteiger partial charge in [0.1, 0.15) is 5.76 Å². The van der Waals surface area contributed by atoms with Crippen molar-refractivity contribution >= 4 is 11.8 Å². The first kappa shape index (κ1) is 15.9. The largest absolute Gasteiger partial charge is 0.467 e. The van der Waals surface area contributed by atoms with Gasteiger partial charge in [0.05, 0.1) is 24.6 Å². The van der Waals surface area contributed by atoms with Crippen LogP contribution < -0.4 is 0 Å². The molecule has 2 heterocycles. The van der Waals surface area contributed by atoms with Gasteiger partial charge in [0, 0.05) is 11.3 Å². The van der Waals surface area contributed by atoms with Crippen molar-refractivity contribution in [2.45, 2.75) is 24.8 Å². The van der Waals surface area contributed by atoms with E-state index in [9.17, 15) is 9.59 Å². The highest BCUT2D eigenvalue weighted by Gasteiger charge is 2.66. The minimum absolute atomic E-state index is 0.0720. The minimum Gasteiger partial charge on any atom is -0.467 e. The van der Waals surface area contributed by atoms with Gasteiger partial charge in [-0.25, -0.2) is 0 Å². The summed E-state index contributed by atoms with van der Waals surface area (Å²) >= 11 is 0. The molecule has 3 aromatic rings. The zero-order valence-corrected chi connectivity index (χ0v) is 15.5. The van der Waals surface area contributed by atoms with Gasteiger partial charge in [0.2, 0.25) is 11.8 Å². The maximum Gasteiger partial charge on any atom is 0.234 e. The summed E-state index contributed by atoms with van der Waals surface area (Å²) in [6.45, 7) is 2.34. The number of likely N-dealkylation sites (tertiary alicyclic amines) is 1. The number of benzene rings is 2. The van der Waals surface area contributed by atoms with Gasteiger partial charge >= 0.3 is 0 Å². The summed E-state index contributed by atoms with van der Waals surface area (Å²) < 4.78 is 5.42. The van der Waals surface area contributed by atoms with E-state index in [4.69, 9.17) is 4.42 Å². The standard InChI is InChI=1S/C24H19NO3/c1-24-17-10-4-2-8-15(17)19(16-9-3-5-11-18(16)24)20-21(24)23(27)25(22(20)26)13-14-7-6-12-28-14/h2-12,19-21H,13H2,1H3/t19?,20-,21+,24?/m1/s1. The Hall–Kier alpha value is -3.14. The summed E-state index contributed by atoms with van der Waals surface area (Å²) in [5.74, 6) is -0.318. The van der Waals surface area contributed by atoms with Crippen molar-refractivity contribution in [1.82, 2.24) is 4.90 Å². The molecule has 1 fully saturated rings. The Bertz CT molecular complexity index is 1080. The van der Waals surface area contributed by atoms with Crippen molar-refractivity contribution < 1.29 is 14.0 Å². The Morgan fingerprint density at radius 2 is 1.54 bits per heavy atom. The average Bonchev–Trinajstić information content (AvgIpc) is 3.32. The van der Waals surface area contributed by atoms with Crippen molar-refractivity contribution in [3.05, 3.63) is 94.9 Å². The molecule has 138 valence electrons. The summed E-state index contributed by atoms with van der Waals surface area (Å²) in [5.41, 5.74) is 4.23. The maximum absolute atomic E-state index is 13.6. The van der Waals surface area contributed by atoms with E-state index in [0.29, 0.717) is 5.76 Å². The van der Waals surface area contributed by atoms with E-state index in [2.05, 4.69) is 31.2 Å². The fourth-order valence-corrected chi connectivity index (χ4v) is 5.92. The second-order valence-electron chi connectivity index (χ2n) is 8.20. The number of imide groups is 1. The predicted molar refractivity (Wildman–Crippen MR) is 102 cm³/mol. The number of hydrogen-bond acceptors (Lipinski definition) is 3. The topological polar surface area (TPSA) is 50.5 Å². The Kier molecular flexibility index (Phi) is 2.96. The van der Waals surface area contributed by atoms with E-state index >= 15 is 0 Å². The van der Waals surface area contributed by atoms with Gasteiger partial charge < -0.3 is 4.42 Å². The van der Waals surface area contributed by atoms with Gasteiger partial charge in [-0.3, -0.25) is 14.5 Å². The van der Waals surface area contributed by atoms with E-state index in [0.717, 1.165) is 0 Å². The van der Waals surface area contributed by atoms with Crippen molar-refractivity contribution in [1.29, 1.82) is 0 Å². The van der Waals surface area contributed by atoms with Crippen LogP contribution in [0.15, 0.2) is 71.3 Å². The van der Waals surface area contributed by atoms with Gasteiger partial charge in [0.15, 0.2) is 0 Å². The van der Waals surface area contributed by atoms with Crippen LogP contribution >= 0.6 is 0 Å². The third kappa shape index (κ3) is 1.71. The molecule has 4 nitrogen and oxygen atoms in total. The van der Waals surface area contributed by atoms with E-state index in [1.54, 1.807) is 12.3 Å².